The lowest BCUT2D eigenvalue weighted by molar-refractivity contribution is -0.148. The summed E-state index contributed by atoms with van der Waals surface area (Å²) in [6.45, 7) is 4.22. The Balaban J connectivity index is 1.58. The zero-order valence-electron chi connectivity index (χ0n) is 16.0. The minimum absolute atomic E-state index is 0.149. The highest BCUT2D eigenvalue weighted by Gasteiger charge is 2.19. The molecule has 28 heavy (non-hydrogen) atoms. The molecule has 0 spiro atoms. The van der Waals surface area contributed by atoms with E-state index < -0.39 is 6.10 Å². The maximum atomic E-state index is 12.2. The molecule has 0 aliphatic carbocycles. The van der Waals surface area contributed by atoms with Crippen LogP contribution in [0.5, 0.6) is 11.5 Å². The van der Waals surface area contributed by atoms with E-state index in [-0.39, 0.29) is 18.3 Å². The number of benzene rings is 2. The number of nitrogens with zero attached hydrogens (tertiary/aromatic N) is 2. The average Bonchev–Trinajstić information content (AvgIpc) is 3.20. The molecular formula is C21H22N2O5. The summed E-state index contributed by atoms with van der Waals surface area (Å²) in [5.41, 5.74) is 1.59. The Kier molecular flexibility index (Phi) is 6.26. The Morgan fingerprint density at radius 2 is 1.71 bits per heavy atom. The molecule has 0 radical (unpaired) electrons. The first kappa shape index (κ1) is 19.4. The van der Waals surface area contributed by atoms with Crippen molar-refractivity contribution in [3.63, 3.8) is 0 Å². The SMILES string of the molecule is CCOc1ccc(CC(=O)OC(C)c2nnc(-c3ccc(OC)cc3)o2)cc1. The van der Waals surface area contributed by atoms with Gasteiger partial charge in [0.2, 0.25) is 5.89 Å². The van der Waals surface area contributed by atoms with Crippen LogP contribution in [0.1, 0.15) is 31.4 Å². The molecule has 1 aromatic heterocycles. The first-order valence-corrected chi connectivity index (χ1v) is 8.98. The third-order valence-electron chi connectivity index (χ3n) is 4.02. The van der Waals surface area contributed by atoms with Gasteiger partial charge in [0.15, 0.2) is 6.10 Å². The molecule has 3 aromatic rings. The van der Waals surface area contributed by atoms with Gasteiger partial charge in [0.25, 0.3) is 5.89 Å². The Labute approximate surface area is 163 Å². The summed E-state index contributed by atoms with van der Waals surface area (Å²) >= 11 is 0. The maximum Gasteiger partial charge on any atom is 0.311 e. The molecule has 3 rings (SSSR count). The summed E-state index contributed by atoms with van der Waals surface area (Å²) in [4.78, 5) is 12.2. The number of methoxy groups -OCH3 is 1. The van der Waals surface area contributed by atoms with Crippen LogP contribution in [0, 0.1) is 0 Å². The largest absolute Gasteiger partial charge is 0.497 e. The summed E-state index contributed by atoms with van der Waals surface area (Å²) in [7, 11) is 1.60. The van der Waals surface area contributed by atoms with Crippen LogP contribution in [-0.2, 0) is 16.0 Å². The normalized spacial score (nSPS) is 11.7. The molecule has 7 heteroatoms. The molecule has 7 nitrogen and oxygen atoms in total. The van der Waals surface area contributed by atoms with Crippen LogP contribution in [0.2, 0.25) is 0 Å². The highest BCUT2D eigenvalue weighted by atomic mass is 16.6. The number of rotatable bonds is 8. The zero-order chi connectivity index (χ0) is 19.9. The first-order chi connectivity index (χ1) is 13.6. The summed E-state index contributed by atoms with van der Waals surface area (Å²) in [6.07, 6.45) is -0.495. The van der Waals surface area contributed by atoms with Crippen molar-refractivity contribution in [3.8, 4) is 23.0 Å². The van der Waals surface area contributed by atoms with Crippen LogP contribution in [0.3, 0.4) is 0 Å². The first-order valence-electron chi connectivity index (χ1n) is 8.98. The van der Waals surface area contributed by atoms with E-state index in [4.69, 9.17) is 18.6 Å². The van der Waals surface area contributed by atoms with E-state index in [0.717, 1.165) is 22.6 Å². The Morgan fingerprint density at radius 3 is 2.36 bits per heavy atom. The van der Waals surface area contributed by atoms with Gasteiger partial charge in [0, 0.05) is 5.56 Å². The van der Waals surface area contributed by atoms with Crippen LogP contribution in [0.25, 0.3) is 11.5 Å². The quantitative estimate of drug-likeness (QED) is 0.545. The molecule has 0 amide bonds. The number of carbonyl (C=O) groups is 1. The third-order valence-corrected chi connectivity index (χ3v) is 4.02. The van der Waals surface area contributed by atoms with Crippen LogP contribution in [0.15, 0.2) is 52.9 Å². The second kappa shape index (κ2) is 9.03. The fourth-order valence-electron chi connectivity index (χ4n) is 2.58. The van der Waals surface area contributed by atoms with Crippen LogP contribution in [-0.4, -0.2) is 29.9 Å². The molecule has 0 fully saturated rings. The van der Waals surface area contributed by atoms with E-state index in [1.807, 2.05) is 43.3 Å². The fourth-order valence-corrected chi connectivity index (χ4v) is 2.58. The lowest BCUT2D eigenvalue weighted by Crippen LogP contribution is -2.11. The van der Waals surface area contributed by atoms with Crippen LogP contribution >= 0.6 is 0 Å². The Morgan fingerprint density at radius 1 is 1.04 bits per heavy atom. The van der Waals surface area contributed by atoms with Crippen LogP contribution in [0.4, 0.5) is 0 Å². The maximum absolute atomic E-state index is 12.2. The van der Waals surface area contributed by atoms with Crippen molar-refractivity contribution in [1.29, 1.82) is 0 Å². The number of esters is 1. The molecule has 2 aromatic carbocycles. The van der Waals surface area contributed by atoms with Gasteiger partial charge in [-0.15, -0.1) is 10.2 Å². The number of aromatic nitrogens is 2. The standard InChI is InChI=1S/C21H22N2O5/c1-4-26-18-9-5-15(6-10-18)13-19(24)27-14(2)20-22-23-21(28-20)16-7-11-17(25-3)12-8-16/h5-12,14H,4,13H2,1-3H3. The molecular weight excluding hydrogens is 360 g/mol. The highest BCUT2D eigenvalue weighted by Crippen LogP contribution is 2.24. The predicted octanol–water partition coefficient (Wildman–Crippen LogP) is 3.99. The number of carbonyl (C=O) groups excluding carboxylic acids is 1. The molecule has 1 unspecified atom stereocenters. The molecule has 0 aliphatic heterocycles. The molecule has 146 valence electrons. The van der Waals surface area contributed by atoms with Crippen molar-refractivity contribution in [2.24, 2.45) is 0 Å². The van der Waals surface area contributed by atoms with Gasteiger partial charge in [-0.05, 0) is 55.8 Å². The topological polar surface area (TPSA) is 83.7 Å². The number of hydrogen-bond donors (Lipinski definition) is 0. The molecule has 0 aliphatic rings. The van der Waals surface area contributed by atoms with Crippen molar-refractivity contribution < 1.29 is 23.4 Å². The van der Waals surface area contributed by atoms with Crippen molar-refractivity contribution in [2.45, 2.75) is 26.4 Å². The average molecular weight is 382 g/mol. The second-order valence-electron chi connectivity index (χ2n) is 6.06. The highest BCUT2D eigenvalue weighted by molar-refractivity contribution is 5.72. The van der Waals surface area contributed by atoms with E-state index in [0.29, 0.717) is 12.5 Å². The van der Waals surface area contributed by atoms with E-state index >= 15 is 0 Å². The fraction of sp³-hybridized carbons (Fsp3) is 0.286. The van der Waals surface area contributed by atoms with Crippen molar-refractivity contribution in [2.75, 3.05) is 13.7 Å². The van der Waals surface area contributed by atoms with Crippen molar-refractivity contribution in [3.05, 3.63) is 60.0 Å². The minimum Gasteiger partial charge on any atom is -0.497 e. The van der Waals surface area contributed by atoms with Gasteiger partial charge >= 0.3 is 5.97 Å². The van der Waals surface area contributed by atoms with Gasteiger partial charge in [-0.1, -0.05) is 12.1 Å². The van der Waals surface area contributed by atoms with Crippen LogP contribution < -0.4 is 9.47 Å². The van der Waals surface area contributed by atoms with Gasteiger partial charge in [-0.25, -0.2) is 0 Å². The minimum atomic E-state index is -0.644. The van der Waals surface area contributed by atoms with Gasteiger partial charge in [0.1, 0.15) is 11.5 Å². The van der Waals surface area contributed by atoms with Gasteiger partial charge in [0.05, 0.1) is 20.1 Å². The van der Waals surface area contributed by atoms with Gasteiger partial charge in [-0.2, -0.15) is 0 Å². The zero-order valence-corrected chi connectivity index (χ0v) is 16.0. The molecule has 0 saturated heterocycles. The number of hydrogen-bond acceptors (Lipinski definition) is 7. The van der Waals surface area contributed by atoms with Crippen molar-refractivity contribution in [1.82, 2.24) is 10.2 Å². The Hall–Kier alpha value is -3.35. The van der Waals surface area contributed by atoms with Crippen molar-refractivity contribution >= 4 is 5.97 Å². The number of ether oxygens (including phenoxy) is 3. The monoisotopic (exact) mass is 382 g/mol. The van der Waals surface area contributed by atoms with Gasteiger partial charge < -0.3 is 18.6 Å². The molecule has 0 saturated carbocycles. The lowest BCUT2D eigenvalue weighted by Gasteiger charge is -2.10. The van der Waals surface area contributed by atoms with E-state index in [9.17, 15) is 4.79 Å². The van der Waals surface area contributed by atoms with E-state index in [2.05, 4.69) is 10.2 Å². The Bertz CT molecular complexity index is 903. The lowest BCUT2D eigenvalue weighted by atomic mass is 10.1. The smallest absolute Gasteiger partial charge is 0.311 e. The third kappa shape index (κ3) is 4.88. The molecule has 0 bridgehead atoms. The molecule has 1 heterocycles. The summed E-state index contributed by atoms with van der Waals surface area (Å²) in [6, 6.07) is 14.6. The van der Waals surface area contributed by atoms with E-state index in [1.165, 1.54) is 0 Å². The summed E-state index contributed by atoms with van der Waals surface area (Å²) in [5, 5.41) is 8.00. The van der Waals surface area contributed by atoms with Gasteiger partial charge in [-0.3, -0.25) is 4.79 Å². The molecule has 0 N–H and O–H groups in total. The van der Waals surface area contributed by atoms with E-state index in [1.54, 1.807) is 26.2 Å². The summed E-state index contributed by atoms with van der Waals surface area (Å²) in [5.74, 6) is 1.73. The molecule has 1 atom stereocenters. The predicted molar refractivity (Wildman–Crippen MR) is 102 cm³/mol. The summed E-state index contributed by atoms with van der Waals surface area (Å²) < 4.78 is 21.6. The second-order valence-corrected chi connectivity index (χ2v) is 6.06.